The first-order valence-electron chi connectivity index (χ1n) is 4.89. The number of rotatable bonds is 3. The molecular weight excluding hydrogens is 305 g/mol. The van der Waals surface area contributed by atoms with Crippen LogP contribution in [-0.4, -0.2) is 20.8 Å². The lowest BCUT2D eigenvalue weighted by Gasteiger charge is -2.01. The van der Waals surface area contributed by atoms with E-state index in [0.717, 1.165) is 4.47 Å². The third-order valence-electron chi connectivity index (χ3n) is 2.18. The molecule has 1 aromatic carbocycles. The van der Waals surface area contributed by atoms with E-state index >= 15 is 0 Å². The third kappa shape index (κ3) is 3.14. The van der Waals surface area contributed by atoms with E-state index in [9.17, 15) is 4.79 Å². The van der Waals surface area contributed by atoms with Crippen molar-refractivity contribution in [2.45, 2.75) is 6.42 Å². The van der Waals surface area contributed by atoms with Gasteiger partial charge in [-0.2, -0.15) is 0 Å². The standard InChI is InChI=1S/C11H9BrClN3O/c1-16-6-10(14-15-16)5-11(17)7-2-8(12)4-9(13)3-7/h2-4,6H,5H2,1H3. The predicted molar refractivity (Wildman–Crippen MR) is 68.2 cm³/mol. The van der Waals surface area contributed by atoms with Crippen LogP contribution in [0, 0.1) is 0 Å². The first kappa shape index (κ1) is 12.3. The number of aryl methyl sites for hydroxylation is 1. The van der Waals surface area contributed by atoms with E-state index in [-0.39, 0.29) is 12.2 Å². The predicted octanol–water partition coefficient (Wildman–Crippen LogP) is 2.66. The summed E-state index contributed by atoms with van der Waals surface area (Å²) in [5.41, 5.74) is 1.21. The Labute approximate surface area is 112 Å². The molecule has 0 amide bonds. The number of Topliss-reactive ketones (excluding diaryl/α,β-unsaturated/α-hetero) is 1. The van der Waals surface area contributed by atoms with Crippen LogP contribution in [0.2, 0.25) is 5.02 Å². The maximum Gasteiger partial charge on any atom is 0.169 e. The zero-order chi connectivity index (χ0) is 12.4. The Morgan fingerprint density at radius 1 is 1.47 bits per heavy atom. The molecule has 2 aromatic rings. The number of aromatic nitrogens is 3. The number of carbonyl (C=O) groups is 1. The van der Waals surface area contributed by atoms with Crippen LogP contribution >= 0.6 is 27.5 Å². The molecule has 0 N–H and O–H groups in total. The van der Waals surface area contributed by atoms with Crippen molar-refractivity contribution in [3.05, 3.63) is 45.1 Å². The topological polar surface area (TPSA) is 47.8 Å². The highest BCUT2D eigenvalue weighted by Gasteiger charge is 2.11. The van der Waals surface area contributed by atoms with Crippen molar-refractivity contribution in [1.82, 2.24) is 15.0 Å². The van der Waals surface area contributed by atoms with Gasteiger partial charge in [0.2, 0.25) is 0 Å². The van der Waals surface area contributed by atoms with Gasteiger partial charge in [0.05, 0.1) is 12.1 Å². The lowest BCUT2D eigenvalue weighted by atomic mass is 10.1. The van der Waals surface area contributed by atoms with E-state index in [0.29, 0.717) is 16.3 Å². The quantitative estimate of drug-likeness (QED) is 0.818. The van der Waals surface area contributed by atoms with Crippen molar-refractivity contribution in [2.75, 3.05) is 0 Å². The first-order chi connectivity index (χ1) is 8.04. The SMILES string of the molecule is Cn1cc(CC(=O)c2cc(Cl)cc(Br)c2)nn1. The van der Waals surface area contributed by atoms with Crippen LogP contribution in [-0.2, 0) is 13.5 Å². The molecule has 0 spiro atoms. The Bertz CT molecular complexity index is 547. The number of benzene rings is 1. The monoisotopic (exact) mass is 313 g/mol. The van der Waals surface area contributed by atoms with E-state index in [1.165, 1.54) is 0 Å². The molecule has 1 aromatic heterocycles. The van der Waals surface area contributed by atoms with Crippen molar-refractivity contribution in [1.29, 1.82) is 0 Å². The molecule has 4 nitrogen and oxygen atoms in total. The summed E-state index contributed by atoms with van der Waals surface area (Å²) >= 11 is 9.19. The molecule has 0 aliphatic rings. The van der Waals surface area contributed by atoms with Gasteiger partial charge in [-0.1, -0.05) is 32.7 Å². The molecule has 0 atom stereocenters. The summed E-state index contributed by atoms with van der Waals surface area (Å²) in [5, 5.41) is 8.18. The van der Waals surface area contributed by atoms with Gasteiger partial charge >= 0.3 is 0 Å². The minimum Gasteiger partial charge on any atom is -0.294 e. The Kier molecular flexibility index (Phi) is 3.59. The zero-order valence-corrected chi connectivity index (χ0v) is 11.4. The van der Waals surface area contributed by atoms with Crippen molar-refractivity contribution in [3.63, 3.8) is 0 Å². The van der Waals surface area contributed by atoms with Crippen LogP contribution in [0.25, 0.3) is 0 Å². The minimum atomic E-state index is -0.0336. The second-order valence-electron chi connectivity index (χ2n) is 3.64. The van der Waals surface area contributed by atoms with Crippen molar-refractivity contribution < 1.29 is 4.79 Å². The highest BCUT2D eigenvalue weighted by atomic mass is 79.9. The van der Waals surface area contributed by atoms with Gasteiger partial charge in [-0.25, -0.2) is 0 Å². The maximum absolute atomic E-state index is 12.0. The number of hydrogen-bond acceptors (Lipinski definition) is 3. The Morgan fingerprint density at radius 2 is 2.24 bits per heavy atom. The van der Waals surface area contributed by atoms with Crippen LogP contribution < -0.4 is 0 Å². The second kappa shape index (κ2) is 4.98. The molecule has 0 bridgehead atoms. The van der Waals surface area contributed by atoms with E-state index in [1.54, 1.807) is 36.1 Å². The first-order valence-corrected chi connectivity index (χ1v) is 6.06. The number of carbonyl (C=O) groups excluding carboxylic acids is 1. The number of hydrogen-bond donors (Lipinski definition) is 0. The highest BCUT2D eigenvalue weighted by Crippen LogP contribution is 2.20. The van der Waals surface area contributed by atoms with Gasteiger partial charge in [-0.05, 0) is 18.2 Å². The lowest BCUT2D eigenvalue weighted by Crippen LogP contribution is -2.04. The van der Waals surface area contributed by atoms with E-state index in [1.807, 2.05) is 0 Å². The molecule has 1 heterocycles. The number of ketones is 1. The van der Waals surface area contributed by atoms with Gasteiger partial charge < -0.3 is 0 Å². The average Bonchev–Trinajstić information content (AvgIpc) is 2.62. The van der Waals surface area contributed by atoms with Crippen LogP contribution in [0.5, 0.6) is 0 Å². The van der Waals surface area contributed by atoms with Gasteiger partial charge in [0.25, 0.3) is 0 Å². The fourth-order valence-electron chi connectivity index (χ4n) is 1.46. The molecule has 88 valence electrons. The summed E-state index contributed by atoms with van der Waals surface area (Å²) in [5.74, 6) is -0.0336. The van der Waals surface area contributed by atoms with E-state index in [2.05, 4.69) is 26.2 Å². The fourth-order valence-corrected chi connectivity index (χ4v) is 2.32. The van der Waals surface area contributed by atoms with Crippen LogP contribution in [0.1, 0.15) is 16.1 Å². The third-order valence-corrected chi connectivity index (χ3v) is 2.85. The minimum absolute atomic E-state index is 0.0336. The van der Waals surface area contributed by atoms with E-state index < -0.39 is 0 Å². The van der Waals surface area contributed by atoms with Gasteiger partial charge in [0.1, 0.15) is 0 Å². The van der Waals surface area contributed by atoms with Crippen molar-refractivity contribution in [3.8, 4) is 0 Å². The Balaban J connectivity index is 2.19. The fraction of sp³-hybridized carbons (Fsp3) is 0.182. The normalized spacial score (nSPS) is 10.5. The average molecular weight is 315 g/mol. The van der Waals surface area contributed by atoms with Gasteiger partial charge in [0, 0.05) is 28.3 Å². The summed E-state index contributed by atoms with van der Waals surface area (Å²) in [6.07, 6.45) is 1.94. The largest absolute Gasteiger partial charge is 0.294 e. The summed E-state index contributed by atoms with van der Waals surface area (Å²) in [6.45, 7) is 0. The van der Waals surface area contributed by atoms with Gasteiger partial charge in [-0.15, -0.1) is 5.10 Å². The second-order valence-corrected chi connectivity index (χ2v) is 4.99. The van der Waals surface area contributed by atoms with Gasteiger partial charge in [-0.3, -0.25) is 9.48 Å². The van der Waals surface area contributed by atoms with Gasteiger partial charge in [0.15, 0.2) is 5.78 Å². The maximum atomic E-state index is 12.0. The summed E-state index contributed by atoms with van der Waals surface area (Å²) in [4.78, 5) is 12.0. The molecule has 0 fully saturated rings. The molecule has 17 heavy (non-hydrogen) atoms. The lowest BCUT2D eigenvalue weighted by molar-refractivity contribution is 0.0992. The molecule has 0 saturated carbocycles. The van der Waals surface area contributed by atoms with E-state index in [4.69, 9.17) is 11.6 Å². The summed E-state index contributed by atoms with van der Waals surface area (Å²) in [7, 11) is 1.76. The summed E-state index contributed by atoms with van der Waals surface area (Å²) < 4.78 is 2.35. The molecule has 6 heteroatoms. The molecule has 0 unspecified atom stereocenters. The summed E-state index contributed by atoms with van der Waals surface area (Å²) in [6, 6.07) is 5.12. The molecule has 0 aliphatic heterocycles. The smallest absolute Gasteiger partial charge is 0.169 e. The van der Waals surface area contributed by atoms with Crippen LogP contribution in [0.4, 0.5) is 0 Å². The zero-order valence-electron chi connectivity index (χ0n) is 9.02. The highest BCUT2D eigenvalue weighted by molar-refractivity contribution is 9.10. The number of halogens is 2. The molecule has 0 saturated heterocycles. The van der Waals surface area contributed by atoms with Crippen molar-refractivity contribution in [2.24, 2.45) is 7.05 Å². The molecular formula is C11H9BrClN3O. The molecule has 0 aliphatic carbocycles. The number of nitrogens with zero attached hydrogens (tertiary/aromatic N) is 3. The molecule has 2 rings (SSSR count). The van der Waals surface area contributed by atoms with Crippen LogP contribution in [0.3, 0.4) is 0 Å². The Hall–Kier alpha value is -1.20. The van der Waals surface area contributed by atoms with Crippen LogP contribution in [0.15, 0.2) is 28.9 Å². The van der Waals surface area contributed by atoms with Crippen molar-refractivity contribution >= 4 is 33.3 Å². The Morgan fingerprint density at radius 3 is 2.82 bits per heavy atom. The molecule has 0 radical (unpaired) electrons.